The standard InChI is InChI=1S/C11H16FNO/c12-7-1-2-9-3-5-10(6-4-9)11(14)8-13/h3-6,11,14H,1-2,7-8,13H2. The zero-order valence-electron chi connectivity index (χ0n) is 8.12. The second-order valence-electron chi connectivity index (χ2n) is 3.29. The molecule has 3 N–H and O–H groups in total. The molecule has 0 radical (unpaired) electrons. The number of benzene rings is 1. The minimum Gasteiger partial charge on any atom is -0.387 e. The van der Waals surface area contributed by atoms with E-state index in [2.05, 4.69) is 0 Å². The van der Waals surface area contributed by atoms with E-state index in [0.29, 0.717) is 6.42 Å². The Morgan fingerprint density at radius 3 is 2.43 bits per heavy atom. The van der Waals surface area contributed by atoms with Gasteiger partial charge in [-0.15, -0.1) is 0 Å². The van der Waals surface area contributed by atoms with E-state index in [1.807, 2.05) is 24.3 Å². The van der Waals surface area contributed by atoms with Crippen molar-refractivity contribution in [2.75, 3.05) is 13.2 Å². The third-order valence-electron chi connectivity index (χ3n) is 2.19. The highest BCUT2D eigenvalue weighted by molar-refractivity contribution is 5.24. The normalized spacial score (nSPS) is 12.8. The number of aryl methyl sites for hydroxylation is 1. The van der Waals surface area contributed by atoms with E-state index < -0.39 is 6.10 Å². The number of aliphatic hydroxyl groups excluding tert-OH is 1. The number of alkyl halides is 1. The molecular formula is C11H16FNO. The average Bonchev–Trinajstić information content (AvgIpc) is 2.26. The Hall–Kier alpha value is -0.930. The third-order valence-corrected chi connectivity index (χ3v) is 2.19. The van der Waals surface area contributed by atoms with Crippen molar-refractivity contribution in [3.05, 3.63) is 35.4 Å². The molecular weight excluding hydrogens is 181 g/mol. The van der Waals surface area contributed by atoms with Crippen LogP contribution in [-0.4, -0.2) is 18.3 Å². The Kier molecular flexibility index (Phi) is 4.56. The number of nitrogens with two attached hydrogens (primary N) is 1. The highest BCUT2D eigenvalue weighted by atomic mass is 19.1. The molecule has 1 unspecified atom stereocenters. The van der Waals surface area contributed by atoms with Gasteiger partial charge in [0.15, 0.2) is 0 Å². The van der Waals surface area contributed by atoms with Crippen molar-refractivity contribution >= 4 is 0 Å². The molecule has 1 aromatic carbocycles. The molecule has 0 aromatic heterocycles. The van der Waals surface area contributed by atoms with E-state index in [0.717, 1.165) is 17.5 Å². The minimum absolute atomic E-state index is 0.226. The van der Waals surface area contributed by atoms with E-state index in [4.69, 9.17) is 5.73 Å². The number of halogens is 1. The second-order valence-corrected chi connectivity index (χ2v) is 3.29. The van der Waals surface area contributed by atoms with Gasteiger partial charge in [-0.1, -0.05) is 24.3 Å². The molecule has 0 saturated carbocycles. The first-order valence-corrected chi connectivity index (χ1v) is 4.81. The van der Waals surface area contributed by atoms with Gasteiger partial charge in [-0.3, -0.25) is 4.39 Å². The van der Waals surface area contributed by atoms with Crippen LogP contribution in [0.5, 0.6) is 0 Å². The third kappa shape index (κ3) is 3.09. The van der Waals surface area contributed by atoms with Crippen LogP contribution in [0.4, 0.5) is 4.39 Å². The largest absolute Gasteiger partial charge is 0.387 e. The van der Waals surface area contributed by atoms with E-state index in [1.54, 1.807) is 0 Å². The van der Waals surface area contributed by atoms with Crippen molar-refractivity contribution in [1.29, 1.82) is 0 Å². The average molecular weight is 197 g/mol. The Labute approximate surface area is 83.6 Å². The molecule has 0 bridgehead atoms. The summed E-state index contributed by atoms with van der Waals surface area (Å²) in [4.78, 5) is 0. The van der Waals surface area contributed by atoms with Crippen LogP contribution < -0.4 is 5.73 Å². The first-order chi connectivity index (χ1) is 6.77. The van der Waals surface area contributed by atoms with Crippen LogP contribution in [0.15, 0.2) is 24.3 Å². The predicted molar refractivity (Wildman–Crippen MR) is 54.8 cm³/mol. The summed E-state index contributed by atoms with van der Waals surface area (Å²) in [6.07, 6.45) is 0.708. The summed E-state index contributed by atoms with van der Waals surface area (Å²) >= 11 is 0. The van der Waals surface area contributed by atoms with Crippen LogP contribution in [0, 0.1) is 0 Å². The fourth-order valence-electron chi connectivity index (χ4n) is 1.31. The minimum atomic E-state index is -0.592. The van der Waals surface area contributed by atoms with Crippen molar-refractivity contribution in [3.63, 3.8) is 0 Å². The Balaban J connectivity index is 2.59. The molecule has 1 atom stereocenters. The van der Waals surface area contributed by atoms with Gasteiger partial charge in [0, 0.05) is 6.54 Å². The SMILES string of the molecule is NCC(O)c1ccc(CCCF)cc1. The fourth-order valence-corrected chi connectivity index (χ4v) is 1.31. The lowest BCUT2D eigenvalue weighted by Crippen LogP contribution is -2.11. The van der Waals surface area contributed by atoms with Gasteiger partial charge in [0.2, 0.25) is 0 Å². The first kappa shape index (κ1) is 11.1. The second kappa shape index (κ2) is 5.73. The quantitative estimate of drug-likeness (QED) is 0.752. The maximum Gasteiger partial charge on any atom is 0.0912 e. The number of hydrogen-bond donors (Lipinski definition) is 2. The monoisotopic (exact) mass is 197 g/mol. The first-order valence-electron chi connectivity index (χ1n) is 4.81. The van der Waals surface area contributed by atoms with E-state index in [9.17, 15) is 9.50 Å². The van der Waals surface area contributed by atoms with Crippen LogP contribution in [0.3, 0.4) is 0 Å². The fraction of sp³-hybridized carbons (Fsp3) is 0.455. The highest BCUT2D eigenvalue weighted by Crippen LogP contribution is 2.13. The molecule has 14 heavy (non-hydrogen) atoms. The van der Waals surface area contributed by atoms with Crippen molar-refractivity contribution in [2.45, 2.75) is 18.9 Å². The van der Waals surface area contributed by atoms with Crippen LogP contribution in [-0.2, 0) is 6.42 Å². The molecule has 0 aliphatic carbocycles. The lowest BCUT2D eigenvalue weighted by Gasteiger charge is -2.08. The number of rotatable bonds is 5. The number of aliphatic hydroxyl groups is 1. The highest BCUT2D eigenvalue weighted by Gasteiger charge is 2.03. The lowest BCUT2D eigenvalue weighted by molar-refractivity contribution is 0.186. The van der Waals surface area contributed by atoms with Crippen molar-refractivity contribution < 1.29 is 9.50 Å². The predicted octanol–water partition coefficient (Wildman–Crippen LogP) is 1.58. The van der Waals surface area contributed by atoms with Crippen LogP contribution in [0.25, 0.3) is 0 Å². The van der Waals surface area contributed by atoms with Gasteiger partial charge in [0.25, 0.3) is 0 Å². The number of hydrogen-bond acceptors (Lipinski definition) is 2. The Bertz CT molecular complexity index is 260. The van der Waals surface area contributed by atoms with E-state index in [1.165, 1.54) is 0 Å². The van der Waals surface area contributed by atoms with Crippen molar-refractivity contribution in [3.8, 4) is 0 Å². The molecule has 0 amide bonds. The zero-order chi connectivity index (χ0) is 10.4. The van der Waals surface area contributed by atoms with Gasteiger partial charge >= 0.3 is 0 Å². The Morgan fingerprint density at radius 2 is 1.93 bits per heavy atom. The molecule has 0 aliphatic heterocycles. The molecule has 2 nitrogen and oxygen atoms in total. The van der Waals surface area contributed by atoms with Crippen molar-refractivity contribution in [1.82, 2.24) is 0 Å². The summed E-state index contributed by atoms with van der Waals surface area (Å²) in [7, 11) is 0. The van der Waals surface area contributed by atoms with E-state index >= 15 is 0 Å². The molecule has 0 heterocycles. The van der Waals surface area contributed by atoms with E-state index in [-0.39, 0.29) is 13.2 Å². The molecule has 0 spiro atoms. The molecule has 0 aliphatic rings. The molecule has 78 valence electrons. The lowest BCUT2D eigenvalue weighted by atomic mass is 10.0. The summed E-state index contributed by atoms with van der Waals surface area (Å²) in [6.45, 7) is -0.0585. The molecule has 0 fully saturated rings. The van der Waals surface area contributed by atoms with Gasteiger partial charge in [-0.05, 0) is 24.0 Å². The molecule has 3 heteroatoms. The summed E-state index contributed by atoms with van der Waals surface area (Å²) in [5, 5.41) is 9.41. The molecule has 1 rings (SSSR count). The molecule has 0 saturated heterocycles. The van der Waals surface area contributed by atoms with Crippen molar-refractivity contribution in [2.24, 2.45) is 5.73 Å². The zero-order valence-corrected chi connectivity index (χ0v) is 8.12. The van der Waals surface area contributed by atoms with Gasteiger partial charge in [0.05, 0.1) is 12.8 Å². The molecule has 1 aromatic rings. The van der Waals surface area contributed by atoms with Gasteiger partial charge in [0.1, 0.15) is 0 Å². The van der Waals surface area contributed by atoms with Crippen LogP contribution in [0.2, 0.25) is 0 Å². The summed E-state index contributed by atoms with van der Waals surface area (Å²) in [5.74, 6) is 0. The van der Waals surface area contributed by atoms with Gasteiger partial charge in [-0.2, -0.15) is 0 Å². The van der Waals surface area contributed by atoms with Crippen LogP contribution >= 0.6 is 0 Å². The summed E-state index contributed by atoms with van der Waals surface area (Å²) in [6, 6.07) is 7.49. The van der Waals surface area contributed by atoms with Gasteiger partial charge < -0.3 is 10.8 Å². The summed E-state index contributed by atoms with van der Waals surface area (Å²) < 4.78 is 11.9. The smallest absolute Gasteiger partial charge is 0.0912 e. The maximum atomic E-state index is 11.9. The topological polar surface area (TPSA) is 46.2 Å². The Morgan fingerprint density at radius 1 is 1.29 bits per heavy atom. The summed E-state index contributed by atoms with van der Waals surface area (Å²) in [5.41, 5.74) is 7.23. The van der Waals surface area contributed by atoms with Crippen LogP contribution in [0.1, 0.15) is 23.7 Å². The van der Waals surface area contributed by atoms with Gasteiger partial charge in [-0.25, -0.2) is 0 Å². The maximum absolute atomic E-state index is 11.9.